The Kier molecular flexibility index (Phi) is 4.85. The zero-order chi connectivity index (χ0) is 9.07. The molecule has 0 saturated carbocycles. The van der Waals surface area contributed by atoms with Crippen molar-refractivity contribution in [2.75, 3.05) is 13.1 Å². The SMILES string of the molecule is CCN(CC)C(C)C(O)(O)I. The minimum Gasteiger partial charge on any atom is -0.357 e. The van der Waals surface area contributed by atoms with Gasteiger partial charge in [0, 0.05) is 0 Å². The van der Waals surface area contributed by atoms with E-state index in [1.54, 1.807) is 29.5 Å². The van der Waals surface area contributed by atoms with Gasteiger partial charge in [-0.25, -0.2) is 0 Å². The summed E-state index contributed by atoms with van der Waals surface area (Å²) in [6.07, 6.45) is 0. The summed E-state index contributed by atoms with van der Waals surface area (Å²) < 4.78 is -1.62. The van der Waals surface area contributed by atoms with Gasteiger partial charge in [-0.2, -0.15) is 0 Å². The van der Waals surface area contributed by atoms with Crippen molar-refractivity contribution >= 4 is 22.6 Å². The first-order chi connectivity index (χ1) is 4.93. The lowest BCUT2D eigenvalue weighted by atomic mass is 10.3. The zero-order valence-electron chi connectivity index (χ0n) is 7.21. The van der Waals surface area contributed by atoms with E-state index in [0.29, 0.717) is 0 Å². The molecule has 11 heavy (non-hydrogen) atoms. The molecular weight excluding hydrogens is 257 g/mol. The second kappa shape index (κ2) is 4.59. The molecule has 0 heterocycles. The van der Waals surface area contributed by atoms with Crippen molar-refractivity contribution < 1.29 is 10.2 Å². The smallest absolute Gasteiger partial charge is 0.232 e. The monoisotopic (exact) mass is 273 g/mol. The Balaban J connectivity index is 4.09. The van der Waals surface area contributed by atoms with Crippen molar-refractivity contribution in [2.24, 2.45) is 0 Å². The Morgan fingerprint density at radius 3 is 1.82 bits per heavy atom. The predicted molar refractivity (Wildman–Crippen MR) is 53.6 cm³/mol. The van der Waals surface area contributed by atoms with E-state index in [1.807, 2.05) is 18.7 Å². The standard InChI is InChI=1S/C7H16INO2/c1-4-9(5-2)6(3)7(8,10)11/h6,10-11H,4-5H2,1-3H3. The number of likely N-dealkylation sites (N-methyl/N-ethyl adjacent to an activating group) is 1. The Labute approximate surface area is 81.5 Å². The molecule has 0 amide bonds. The van der Waals surface area contributed by atoms with Crippen LogP contribution in [0.1, 0.15) is 20.8 Å². The van der Waals surface area contributed by atoms with Gasteiger partial charge in [0.05, 0.1) is 6.04 Å². The molecule has 0 aromatic carbocycles. The van der Waals surface area contributed by atoms with E-state index in [-0.39, 0.29) is 6.04 Å². The fraction of sp³-hybridized carbons (Fsp3) is 1.00. The van der Waals surface area contributed by atoms with Crippen molar-refractivity contribution in [3.05, 3.63) is 0 Å². The lowest BCUT2D eigenvalue weighted by Crippen LogP contribution is -2.47. The van der Waals surface area contributed by atoms with Crippen LogP contribution in [0.5, 0.6) is 0 Å². The van der Waals surface area contributed by atoms with E-state index in [0.717, 1.165) is 13.1 Å². The molecule has 0 fully saturated rings. The number of alkyl halides is 1. The first kappa shape index (κ1) is 11.6. The lowest BCUT2D eigenvalue weighted by Gasteiger charge is -2.32. The van der Waals surface area contributed by atoms with E-state index in [1.165, 1.54) is 0 Å². The number of halogens is 1. The van der Waals surface area contributed by atoms with Crippen LogP contribution < -0.4 is 0 Å². The third kappa shape index (κ3) is 3.68. The van der Waals surface area contributed by atoms with Gasteiger partial charge in [-0.15, -0.1) is 0 Å². The molecule has 3 nitrogen and oxygen atoms in total. The number of aliphatic hydroxyl groups is 2. The van der Waals surface area contributed by atoms with E-state index in [2.05, 4.69) is 0 Å². The first-order valence-corrected chi connectivity index (χ1v) is 4.89. The molecule has 1 atom stereocenters. The topological polar surface area (TPSA) is 43.7 Å². The molecule has 2 N–H and O–H groups in total. The second-order valence-electron chi connectivity index (χ2n) is 2.53. The second-order valence-corrected chi connectivity index (χ2v) is 4.12. The first-order valence-electron chi connectivity index (χ1n) is 3.81. The highest BCUT2D eigenvalue weighted by Crippen LogP contribution is 2.19. The summed E-state index contributed by atoms with van der Waals surface area (Å²) in [7, 11) is 0. The average molecular weight is 273 g/mol. The largest absolute Gasteiger partial charge is 0.357 e. The van der Waals surface area contributed by atoms with Crippen molar-refractivity contribution in [1.29, 1.82) is 0 Å². The highest BCUT2D eigenvalue weighted by Gasteiger charge is 2.30. The maximum absolute atomic E-state index is 9.22. The van der Waals surface area contributed by atoms with E-state index in [4.69, 9.17) is 0 Å². The minimum atomic E-state index is -1.62. The molecule has 0 bridgehead atoms. The van der Waals surface area contributed by atoms with Gasteiger partial charge in [-0.1, -0.05) is 13.8 Å². The van der Waals surface area contributed by atoms with Crippen LogP contribution in [0.25, 0.3) is 0 Å². The molecule has 0 saturated heterocycles. The molecule has 0 aliphatic carbocycles. The molecule has 0 aliphatic heterocycles. The molecule has 0 aromatic heterocycles. The Hall–Kier alpha value is 0.610. The number of hydrogen-bond acceptors (Lipinski definition) is 3. The van der Waals surface area contributed by atoms with E-state index in [9.17, 15) is 10.2 Å². The quantitative estimate of drug-likeness (QED) is 0.452. The number of hydrogen-bond donors (Lipinski definition) is 2. The Bertz CT molecular complexity index is 109. The molecule has 68 valence electrons. The molecule has 1 unspecified atom stereocenters. The minimum absolute atomic E-state index is 0.224. The van der Waals surface area contributed by atoms with Crippen molar-refractivity contribution in [1.82, 2.24) is 4.90 Å². The van der Waals surface area contributed by atoms with Gasteiger partial charge in [0.2, 0.25) is 3.79 Å². The molecule has 0 rings (SSSR count). The number of nitrogens with zero attached hydrogens (tertiary/aromatic N) is 1. The van der Waals surface area contributed by atoms with Crippen LogP contribution in [-0.2, 0) is 0 Å². The van der Waals surface area contributed by atoms with Crippen LogP contribution in [0.3, 0.4) is 0 Å². The van der Waals surface area contributed by atoms with Crippen LogP contribution >= 0.6 is 22.6 Å². The Morgan fingerprint density at radius 1 is 1.36 bits per heavy atom. The fourth-order valence-corrected chi connectivity index (χ4v) is 1.40. The summed E-state index contributed by atoms with van der Waals surface area (Å²) in [6.45, 7) is 7.48. The maximum atomic E-state index is 9.22. The normalized spacial score (nSPS) is 15.5. The maximum Gasteiger partial charge on any atom is 0.232 e. The molecule has 0 spiro atoms. The van der Waals surface area contributed by atoms with Crippen molar-refractivity contribution in [2.45, 2.75) is 30.6 Å². The molecule has 0 aliphatic rings. The van der Waals surface area contributed by atoms with Crippen LogP contribution in [0.2, 0.25) is 0 Å². The van der Waals surface area contributed by atoms with Crippen LogP contribution in [0, 0.1) is 0 Å². The van der Waals surface area contributed by atoms with Crippen LogP contribution in [0.4, 0.5) is 0 Å². The summed E-state index contributed by atoms with van der Waals surface area (Å²) in [5, 5.41) is 18.4. The molecular formula is C7H16INO2. The van der Waals surface area contributed by atoms with Gasteiger partial charge < -0.3 is 10.2 Å². The van der Waals surface area contributed by atoms with Gasteiger partial charge >= 0.3 is 0 Å². The fourth-order valence-electron chi connectivity index (χ4n) is 1.00. The van der Waals surface area contributed by atoms with E-state index >= 15 is 0 Å². The molecule has 0 aromatic rings. The van der Waals surface area contributed by atoms with Gasteiger partial charge in [0.1, 0.15) is 0 Å². The van der Waals surface area contributed by atoms with Gasteiger partial charge in [0.25, 0.3) is 0 Å². The summed E-state index contributed by atoms with van der Waals surface area (Å²) in [6, 6.07) is -0.224. The van der Waals surface area contributed by atoms with Gasteiger partial charge in [0.15, 0.2) is 0 Å². The highest BCUT2D eigenvalue weighted by molar-refractivity contribution is 14.1. The van der Waals surface area contributed by atoms with Crippen molar-refractivity contribution in [3.63, 3.8) is 0 Å². The highest BCUT2D eigenvalue weighted by atomic mass is 127. The molecule has 4 heteroatoms. The lowest BCUT2D eigenvalue weighted by molar-refractivity contribution is -0.110. The third-order valence-corrected chi connectivity index (χ3v) is 2.79. The third-order valence-electron chi connectivity index (χ3n) is 1.89. The molecule has 0 radical (unpaired) electrons. The van der Waals surface area contributed by atoms with Crippen LogP contribution in [0.15, 0.2) is 0 Å². The summed E-state index contributed by atoms with van der Waals surface area (Å²) in [5.41, 5.74) is 0. The van der Waals surface area contributed by atoms with Gasteiger partial charge in [-0.3, -0.25) is 4.90 Å². The summed E-state index contributed by atoms with van der Waals surface area (Å²) >= 11 is 1.63. The Morgan fingerprint density at radius 2 is 1.73 bits per heavy atom. The summed E-state index contributed by atoms with van der Waals surface area (Å²) in [4.78, 5) is 1.99. The van der Waals surface area contributed by atoms with Gasteiger partial charge in [-0.05, 0) is 42.6 Å². The zero-order valence-corrected chi connectivity index (χ0v) is 9.37. The average Bonchev–Trinajstić information content (AvgIpc) is 1.88. The summed E-state index contributed by atoms with van der Waals surface area (Å²) in [5.74, 6) is 0. The van der Waals surface area contributed by atoms with Crippen LogP contribution in [-0.4, -0.2) is 38.0 Å². The van der Waals surface area contributed by atoms with Crippen molar-refractivity contribution in [3.8, 4) is 0 Å². The number of rotatable bonds is 4. The van der Waals surface area contributed by atoms with E-state index < -0.39 is 3.79 Å². The predicted octanol–water partition coefficient (Wildman–Crippen LogP) is 0.790.